The van der Waals surface area contributed by atoms with Crippen LogP contribution in [0.3, 0.4) is 0 Å². The zero-order valence-electron chi connectivity index (χ0n) is 43.3. The number of fused-ring (bicyclic) bond motifs is 1. The zero-order chi connectivity index (χ0) is 51.4. The van der Waals surface area contributed by atoms with Crippen molar-refractivity contribution in [3.8, 4) is 5.75 Å². The highest BCUT2D eigenvalue weighted by Crippen LogP contribution is 2.39. The molecule has 2 aromatic rings. The number of benzene rings is 2. The van der Waals surface area contributed by atoms with Gasteiger partial charge in [0.15, 0.2) is 0 Å². The van der Waals surface area contributed by atoms with Crippen LogP contribution in [0.2, 0.25) is 0 Å². The lowest BCUT2D eigenvalue weighted by Crippen LogP contribution is -2.61. The van der Waals surface area contributed by atoms with Crippen LogP contribution in [0.5, 0.6) is 5.75 Å². The van der Waals surface area contributed by atoms with Gasteiger partial charge in [0.1, 0.15) is 11.9 Å². The van der Waals surface area contributed by atoms with Gasteiger partial charge >= 0.3 is 11.9 Å². The first-order valence-corrected chi connectivity index (χ1v) is 26.8. The minimum atomic E-state index is -0.837. The summed E-state index contributed by atoms with van der Waals surface area (Å²) in [6.45, 7) is 17.1. The zero-order valence-corrected chi connectivity index (χ0v) is 44.1. The highest BCUT2D eigenvalue weighted by molar-refractivity contribution is 7.99. The van der Waals surface area contributed by atoms with Crippen molar-refractivity contribution >= 4 is 47.3 Å². The molecule has 1 heterocycles. The summed E-state index contributed by atoms with van der Waals surface area (Å²) in [5, 5.41) is 12.2. The van der Waals surface area contributed by atoms with E-state index in [-0.39, 0.29) is 54.7 Å². The molecule has 0 bridgehead atoms. The molecule has 7 atom stereocenters. The lowest BCUT2D eigenvalue weighted by molar-refractivity contribution is -0.153. The largest absolute Gasteiger partial charge is 0.459 e. The lowest BCUT2D eigenvalue weighted by atomic mass is 9.72. The van der Waals surface area contributed by atoms with E-state index in [9.17, 15) is 28.8 Å². The number of likely N-dealkylation sites (tertiary alicyclic amines) is 1. The molecule has 8 N–H and O–H groups in total. The maximum atomic E-state index is 14.6. The van der Waals surface area contributed by atoms with Gasteiger partial charge in [0.05, 0.1) is 24.2 Å². The summed E-state index contributed by atoms with van der Waals surface area (Å²) < 4.78 is 12.3. The van der Waals surface area contributed by atoms with Crippen LogP contribution >= 0.6 is 11.8 Å². The third kappa shape index (κ3) is 19.6. The van der Waals surface area contributed by atoms with Crippen LogP contribution in [0.4, 0.5) is 0 Å². The number of unbranched alkanes of at least 4 members (excludes halogenated alkanes) is 4. The molecule has 70 heavy (non-hydrogen) atoms. The van der Waals surface area contributed by atoms with Crippen LogP contribution in [0, 0.1) is 30.6 Å². The van der Waals surface area contributed by atoms with Crippen LogP contribution in [-0.2, 0) is 28.7 Å². The maximum absolute atomic E-state index is 14.6. The van der Waals surface area contributed by atoms with Crippen molar-refractivity contribution in [1.82, 2.24) is 26.2 Å². The predicted molar refractivity (Wildman–Crippen MR) is 277 cm³/mol. The quantitative estimate of drug-likeness (QED) is 0.0235. The van der Waals surface area contributed by atoms with Gasteiger partial charge in [-0.3, -0.25) is 33.7 Å². The van der Waals surface area contributed by atoms with Crippen molar-refractivity contribution in [2.75, 3.05) is 31.9 Å². The van der Waals surface area contributed by atoms with Crippen molar-refractivity contribution in [3.63, 3.8) is 0 Å². The molecule has 4 amide bonds. The molecule has 0 radical (unpaired) electrons. The summed E-state index contributed by atoms with van der Waals surface area (Å²) in [6, 6.07) is 12.6. The van der Waals surface area contributed by atoms with Gasteiger partial charge < -0.3 is 42.2 Å². The number of carbonyl (C=O) groups is 6. The minimum Gasteiger partial charge on any atom is -0.459 e. The highest BCUT2D eigenvalue weighted by Gasteiger charge is 2.43. The third-order valence-corrected chi connectivity index (χ3v) is 14.6. The lowest BCUT2D eigenvalue weighted by Gasteiger charge is -2.47. The number of esters is 2. The van der Waals surface area contributed by atoms with E-state index in [1.807, 2.05) is 78.8 Å². The van der Waals surface area contributed by atoms with Crippen LogP contribution in [0.25, 0.3) is 0 Å². The number of thioether (sulfide) groups is 1. The fraction of sp³-hybridized carbons (Fsp3) is 0.667. The topological polar surface area (TPSA) is 224 Å². The van der Waals surface area contributed by atoms with E-state index in [1.165, 1.54) is 11.8 Å². The van der Waals surface area contributed by atoms with Crippen LogP contribution in [-0.4, -0.2) is 108 Å². The molecule has 1 aliphatic carbocycles. The summed E-state index contributed by atoms with van der Waals surface area (Å²) in [5.41, 5.74) is 12.3. The van der Waals surface area contributed by atoms with Gasteiger partial charge in [0.2, 0.25) is 17.7 Å². The average Bonchev–Trinajstić information content (AvgIpc) is 3.31. The summed E-state index contributed by atoms with van der Waals surface area (Å²) in [5.74, 6) is -0.166. The molecule has 2 aliphatic rings. The van der Waals surface area contributed by atoms with Gasteiger partial charge in [0.25, 0.3) is 5.91 Å². The van der Waals surface area contributed by atoms with Gasteiger partial charge in [-0.25, -0.2) is 0 Å². The Morgan fingerprint density at radius 1 is 0.757 bits per heavy atom. The number of hydrogen-bond donors (Lipinski definition) is 6. The van der Waals surface area contributed by atoms with Gasteiger partial charge in [-0.2, -0.15) is 0 Å². The van der Waals surface area contributed by atoms with Crippen LogP contribution in [0.1, 0.15) is 148 Å². The first-order chi connectivity index (χ1) is 33.2. The molecule has 1 saturated carbocycles. The molecule has 0 spiro atoms. The van der Waals surface area contributed by atoms with Gasteiger partial charge in [0, 0.05) is 66.3 Å². The van der Waals surface area contributed by atoms with E-state index >= 15 is 0 Å². The fourth-order valence-corrected chi connectivity index (χ4v) is 10.1. The standard InChI is InChI=1S/C54H85N7O8S/c1-35(2)48(55)52(66)57-29-18-10-14-27-46(62)68-44-26-20-25-41(37(44)5)50(64)59-42(34-70-40-23-12-9-13-24-40)45(69-47(63)28-15-11-19-30-58-53(67)49(56)36(3)4)33-61-32-39-22-17-16-21-38(39)31-43(61)51(65)60-54(6,7)8/h9,12-13,20,23-26,35-36,38-39,42-43,45,48-49H,10-11,14-19,21-22,27-34,55-56H2,1-8H3,(H,57,66)(H,58,67)(H,59,64)(H,60,65)/t38-,39+,42-,43-,45+,48-,49+/m0/s1. The van der Waals surface area contributed by atoms with Gasteiger partial charge in [-0.15, -0.1) is 11.8 Å². The second kappa shape index (κ2) is 29.1. The number of nitrogens with zero attached hydrogens (tertiary/aromatic N) is 1. The number of nitrogens with one attached hydrogen (secondary N) is 4. The summed E-state index contributed by atoms with van der Waals surface area (Å²) in [4.78, 5) is 83.5. The molecular formula is C54H85N7O8S. The molecule has 15 nitrogen and oxygen atoms in total. The van der Waals surface area contributed by atoms with Crippen LogP contribution < -0.4 is 37.5 Å². The monoisotopic (exact) mass is 992 g/mol. The number of ether oxygens (including phenoxy) is 2. The van der Waals surface area contributed by atoms with Gasteiger partial charge in [-0.1, -0.05) is 84.1 Å². The second-order valence-electron chi connectivity index (χ2n) is 21.1. The first kappa shape index (κ1) is 58.1. The Balaban J connectivity index is 1.55. The van der Waals surface area contributed by atoms with Crippen LogP contribution in [0.15, 0.2) is 53.4 Å². The number of piperidine rings is 1. The van der Waals surface area contributed by atoms with E-state index < -0.39 is 53.7 Å². The molecule has 0 aromatic heterocycles. The SMILES string of the molecule is Cc1c(OC(=O)CCCCCNC(=O)[C@@H](N)C(C)C)cccc1C(=O)N[C@@H](CSc1ccccc1)[C@@H](CN1C[C@H]2CCCC[C@H]2C[C@H]1C(=O)NC(C)(C)C)OC(=O)CCCCCNC(=O)[C@H](N)C(C)C. The van der Waals surface area contributed by atoms with Crippen molar-refractivity contribution in [2.24, 2.45) is 35.1 Å². The van der Waals surface area contributed by atoms with Crippen molar-refractivity contribution < 1.29 is 38.2 Å². The van der Waals surface area contributed by atoms with Gasteiger partial charge in [-0.05, 0) is 114 Å². The van der Waals surface area contributed by atoms with E-state index in [0.29, 0.717) is 93.3 Å². The molecule has 390 valence electrons. The second-order valence-corrected chi connectivity index (χ2v) is 22.2. The number of amides is 4. The van der Waals surface area contributed by atoms with E-state index in [1.54, 1.807) is 25.1 Å². The van der Waals surface area contributed by atoms with E-state index in [2.05, 4.69) is 26.2 Å². The fourth-order valence-electron chi connectivity index (χ4n) is 9.07. The Labute approximate surface area is 422 Å². The molecule has 1 saturated heterocycles. The first-order valence-electron chi connectivity index (χ1n) is 25.8. The molecule has 0 unspecified atom stereocenters. The van der Waals surface area contributed by atoms with Crippen molar-refractivity contribution in [1.29, 1.82) is 0 Å². The Kier molecular flexibility index (Phi) is 24.2. The summed E-state index contributed by atoms with van der Waals surface area (Å²) in [7, 11) is 0. The Morgan fingerprint density at radius 3 is 1.93 bits per heavy atom. The average molecular weight is 992 g/mol. The van der Waals surface area contributed by atoms with E-state index in [0.717, 1.165) is 30.6 Å². The Bertz CT molecular complexity index is 2000. The molecule has 1 aliphatic heterocycles. The van der Waals surface area contributed by atoms with E-state index in [4.69, 9.17) is 20.9 Å². The Morgan fingerprint density at radius 2 is 1.34 bits per heavy atom. The molecule has 2 fully saturated rings. The number of carbonyl (C=O) groups excluding carboxylic acids is 6. The predicted octanol–water partition coefficient (Wildman–Crippen LogP) is 6.82. The molecule has 4 rings (SSSR count). The molecule has 16 heteroatoms. The minimum absolute atomic E-state index is 0.0225. The Hall–Kier alpha value is -4.51. The van der Waals surface area contributed by atoms with Crippen molar-refractivity contribution in [3.05, 3.63) is 59.7 Å². The number of hydrogen-bond acceptors (Lipinski definition) is 12. The molecule has 2 aromatic carbocycles. The molecular weight excluding hydrogens is 907 g/mol. The number of nitrogens with two attached hydrogens (primary N) is 2. The maximum Gasteiger partial charge on any atom is 0.311 e. The smallest absolute Gasteiger partial charge is 0.311 e. The normalized spacial score (nSPS) is 19.0. The summed E-state index contributed by atoms with van der Waals surface area (Å²) >= 11 is 1.54. The van der Waals surface area contributed by atoms with Crippen molar-refractivity contribution in [2.45, 2.75) is 180 Å². The number of rotatable bonds is 27. The third-order valence-electron chi connectivity index (χ3n) is 13.4. The highest BCUT2D eigenvalue weighted by atomic mass is 32.2. The summed E-state index contributed by atoms with van der Waals surface area (Å²) in [6.07, 6.45) is 8.45.